The van der Waals surface area contributed by atoms with Gasteiger partial charge in [0.05, 0.1) is 18.0 Å². The Kier molecular flexibility index (Phi) is 11.1. The molecule has 0 saturated carbocycles. The first-order chi connectivity index (χ1) is 14.6. The molecular weight excluding hydrogens is 541 g/mol. The Morgan fingerprint density at radius 3 is 2.19 bits per heavy atom. The van der Waals surface area contributed by atoms with Gasteiger partial charge in [0.1, 0.15) is 0 Å². The molecule has 2 aromatic carbocycles. The fourth-order valence-corrected chi connectivity index (χ4v) is 3.22. The van der Waals surface area contributed by atoms with Crippen LogP contribution < -0.4 is 15.8 Å². The summed E-state index contributed by atoms with van der Waals surface area (Å²) < 4.78 is 22.8. The number of carbonyl (C=O) groups is 1. The molecule has 0 aliphatic rings. The van der Waals surface area contributed by atoms with Crippen molar-refractivity contribution in [2.24, 2.45) is 10.1 Å². The number of nitrogens with two attached hydrogens (primary N) is 1. The zero-order valence-electron chi connectivity index (χ0n) is 18.8. The smallest absolute Gasteiger partial charge is 0.241 e. The van der Waals surface area contributed by atoms with Gasteiger partial charge in [0.15, 0.2) is 5.96 Å². The Labute approximate surface area is 207 Å². The maximum absolute atomic E-state index is 12.0. The van der Waals surface area contributed by atoms with E-state index in [0.717, 1.165) is 5.56 Å². The molecule has 1 unspecified atom stereocenters. The zero-order valence-corrected chi connectivity index (χ0v) is 22.0. The van der Waals surface area contributed by atoms with Crippen molar-refractivity contribution >= 4 is 45.9 Å². The second kappa shape index (κ2) is 12.8. The normalized spacial score (nSPS) is 12.5. The highest BCUT2D eigenvalue weighted by Gasteiger charge is 2.10. The quantitative estimate of drug-likeness (QED) is 0.255. The lowest BCUT2D eigenvalue weighted by atomic mass is 10.0. The van der Waals surface area contributed by atoms with Gasteiger partial charge in [-0.05, 0) is 36.1 Å². The van der Waals surface area contributed by atoms with Gasteiger partial charge in [0.25, 0.3) is 0 Å². The SMILES string of the molecule is Cc1ccc(C(C)CNC(=NCc2ccc(S(N)(=O)=O)cc2)NCC(=O)N(C)C)cc1.I. The molecule has 8 nitrogen and oxygen atoms in total. The largest absolute Gasteiger partial charge is 0.356 e. The lowest BCUT2D eigenvalue weighted by Gasteiger charge is -2.18. The van der Waals surface area contributed by atoms with E-state index < -0.39 is 10.0 Å². The first-order valence-electron chi connectivity index (χ1n) is 9.97. The average molecular weight is 574 g/mol. The molecule has 0 fully saturated rings. The molecule has 0 bridgehead atoms. The summed E-state index contributed by atoms with van der Waals surface area (Å²) in [5, 5.41) is 11.5. The van der Waals surface area contributed by atoms with Crippen LogP contribution in [0, 0.1) is 6.92 Å². The van der Waals surface area contributed by atoms with Crippen LogP contribution in [0.25, 0.3) is 0 Å². The van der Waals surface area contributed by atoms with Crippen molar-refractivity contribution in [2.75, 3.05) is 27.2 Å². The molecule has 176 valence electrons. The summed E-state index contributed by atoms with van der Waals surface area (Å²) in [4.78, 5) is 18.1. The Bertz CT molecular complexity index is 1010. The number of rotatable bonds is 8. The standard InChI is InChI=1S/C22H31N5O3S.HI/c1-16-5-9-19(10-6-16)17(2)13-24-22(26-15-21(28)27(3)4)25-14-18-7-11-20(12-8-18)31(23,29)30;/h5-12,17H,13-15H2,1-4H3,(H2,23,29,30)(H2,24,25,26);1H. The third-order valence-corrected chi connectivity index (χ3v) is 5.73. The Hall–Kier alpha value is -2.18. The second-order valence-electron chi connectivity index (χ2n) is 7.69. The minimum atomic E-state index is -3.73. The van der Waals surface area contributed by atoms with Crippen molar-refractivity contribution in [3.63, 3.8) is 0 Å². The van der Waals surface area contributed by atoms with E-state index in [1.165, 1.54) is 28.2 Å². The predicted octanol–water partition coefficient (Wildman–Crippen LogP) is 2.19. The maximum Gasteiger partial charge on any atom is 0.241 e. The zero-order chi connectivity index (χ0) is 23.0. The van der Waals surface area contributed by atoms with E-state index in [9.17, 15) is 13.2 Å². The number of hydrogen-bond acceptors (Lipinski definition) is 4. The highest BCUT2D eigenvalue weighted by atomic mass is 127. The fraction of sp³-hybridized carbons (Fsp3) is 0.364. The number of carbonyl (C=O) groups excluding carboxylic acids is 1. The number of hydrogen-bond donors (Lipinski definition) is 3. The summed E-state index contributed by atoms with van der Waals surface area (Å²) in [5.74, 6) is 0.675. The van der Waals surface area contributed by atoms with Crippen molar-refractivity contribution in [3.05, 3.63) is 65.2 Å². The summed E-state index contributed by atoms with van der Waals surface area (Å²) in [5.41, 5.74) is 3.24. The predicted molar refractivity (Wildman–Crippen MR) is 139 cm³/mol. The number of amides is 1. The van der Waals surface area contributed by atoms with Crippen LogP contribution in [-0.2, 0) is 21.4 Å². The van der Waals surface area contributed by atoms with Crippen LogP contribution in [0.5, 0.6) is 0 Å². The van der Waals surface area contributed by atoms with Crippen molar-refractivity contribution in [3.8, 4) is 0 Å². The van der Waals surface area contributed by atoms with Gasteiger partial charge in [0.2, 0.25) is 15.9 Å². The Morgan fingerprint density at radius 2 is 1.66 bits per heavy atom. The van der Waals surface area contributed by atoms with Gasteiger partial charge in [-0.1, -0.05) is 48.9 Å². The van der Waals surface area contributed by atoms with Crippen molar-refractivity contribution in [2.45, 2.75) is 31.2 Å². The van der Waals surface area contributed by atoms with Gasteiger partial charge in [0, 0.05) is 20.6 Å². The van der Waals surface area contributed by atoms with Crippen LogP contribution in [0.15, 0.2) is 58.4 Å². The Balaban J connectivity index is 0.00000512. The number of nitrogens with one attached hydrogen (secondary N) is 2. The summed E-state index contributed by atoms with van der Waals surface area (Å²) in [6.45, 7) is 5.23. The monoisotopic (exact) mass is 573 g/mol. The maximum atomic E-state index is 12.0. The van der Waals surface area contributed by atoms with Gasteiger partial charge >= 0.3 is 0 Å². The highest BCUT2D eigenvalue weighted by Crippen LogP contribution is 2.15. The number of aliphatic imine (C=N–C) groups is 1. The number of sulfonamides is 1. The van der Waals surface area contributed by atoms with Crippen LogP contribution in [0.2, 0.25) is 0 Å². The van der Waals surface area contributed by atoms with Crippen LogP contribution in [-0.4, -0.2) is 52.4 Å². The molecule has 10 heteroatoms. The van der Waals surface area contributed by atoms with E-state index in [-0.39, 0.29) is 47.2 Å². The molecule has 0 aromatic heterocycles. The molecule has 32 heavy (non-hydrogen) atoms. The van der Waals surface area contributed by atoms with E-state index in [4.69, 9.17) is 5.14 Å². The molecule has 0 saturated heterocycles. The molecule has 2 rings (SSSR count). The van der Waals surface area contributed by atoms with Crippen molar-refractivity contribution in [1.82, 2.24) is 15.5 Å². The van der Waals surface area contributed by atoms with Gasteiger partial charge in [-0.15, -0.1) is 24.0 Å². The second-order valence-corrected chi connectivity index (χ2v) is 9.25. The van der Waals surface area contributed by atoms with Crippen LogP contribution in [0.1, 0.15) is 29.5 Å². The molecule has 0 spiro atoms. The molecule has 0 aliphatic carbocycles. The van der Waals surface area contributed by atoms with Crippen molar-refractivity contribution < 1.29 is 13.2 Å². The molecule has 2 aromatic rings. The summed E-state index contributed by atoms with van der Waals surface area (Å²) in [6, 6.07) is 14.6. The molecule has 0 radical (unpaired) electrons. The number of aryl methyl sites for hydroxylation is 1. The number of primary sulfonamides is 1. The van der Waals surface area contributed by atoms with E-state index in [0.29, 0.717) is 19.0 Å². The van der Waals surface area contributed by atoms with Gasteiger partial charge in [-0.2, -0.15) is 0 Å². The van der Waals surface area contributed by atoms with E-state index >= 15 is 0 Å². The fourth-order valence-electron chi connectivity index (χ4n) is 2.71. The van der Waals surface area contributed by atoms with Gasteiger partial charge < -0.3 is 15.5 Å². The molecule has 0 aliphatic heterocycles. The molecule has 1 atom stereocenters. The molecule has 4 N–H and O–H groups in total. The minimum Gasteiger partial charge on any atom is -0.356 e. The van der Waals surface area contributed by atoms with E-state index in [1.54, 1.807) is 26.2 Å². The minimum absolute atomic E-state index is 0. The summed E-state index contributed by atoms with van der Waals surface area (Å²) in [6.07, 6.45) is 0. The van der Waals surface area contributed by atoms with Crippen molar-refractivity contribution in [1.29, 1.82) is 0 Å². The van der Waals surface area contributed by atoms with Crippen LogP contribution in [0.3, 0.4) is 0 Å². The number of benzene rings is 2. The highest BCUT2D eigenvalue weighted by molar-refractivity contribution is 14.0. The lowest BCUT2D eigenvalue weighted by Crippen LogP contribution is -2.43. The first kappa shape index (κ1) is 27.9. The number of guanidine groups is 1. The number of nitrogens with zero attached hydrogens (tertiary/aromatic N) is 2. The Morgan fingerprint density at radius 1 is 1.06 bits per heavy atom. The van der Waals surface area contributed by atoms with E-state index in [2.05, 4.69) is 53.7 Å². The van der Waals surface area contributed by atoms with Crippen LogP contribution in [0.4, 0.5) is 0 Å². The van der Waals surface area contributed by atoms with Gasteiger partial charge in [-0.3, -0.25) is 4.79 Å². The van der Waals surface area contributed by atoms with Gasteiger partial charge in [-0.25, -0.2) is 18.5 Å². The summed E-state index contributed by atoms with van der Waals surface area (Å²) in [7, 11) is -0.337. The van der Waals surface area contributed by atoms with Crippen LogP contribution >= 0.6 is 24.0 Å². The number of likely N-dealkylation sites (N-methyl/N-ethyl adjacent to an activating group) is 1. The van der Waals surface area contributed by atoms with E-state index in [1.807, 2.05) is 0 Å². The first-order valence-corrected chi connectivity index (χ1v) is 11.5. The third kappa shape index (κ3) is 9.13. The number of halogens is 1. The lowest BCUT2D eigenvalue weighted by molar-refractivity contribution is -0.127. The molecule has 1 amide bonds. The molecule has 0 heterocycles. The summed E-state index contributed by atoms with van der Waals surface area (Å²) >= 11 is 0. The molecular formula is C22H32IN5O3S. The topological polar surface area (TPSA) is 117 Å². The third-order valence-electron chi connectivity index (χ3n) is 4.80. The average Bonchev–Trinajstić information content (AvgIpc) is 2.72.